The quantitative estimate of drug-likeness (QED) is 0.669. The first-order valence-corrected chi connectivity index (χ1v) is 3.47. The first-order chi connectivity index (χ1) is 5.20. The Hall–Kier alpha value is -0.545. The van der Waals surface area contributed by atoms with Crippen molar-refractivity contribution in [3.63, 3.8) is 0 Å². The van der Waals surface area contributed by atoms with E-state index in [9.17, 15) is 4.79 Å². The monoisotopic (exact) mass is 204 g/mol. The van der Waals surface area contributed by atoms with Crippen molar-refractivity contribution in [3.8, 4) is 0 Å². The molecule has 0 saturated carbocycles. The number of rotatable bonds is 5. The maximum Gasteiger partial charge on any atom is 0.216 e. The van der Waals surface area contributed by atoms with Crippen LogP contribution in [-0.4, -0.2) is 47.8 Å². The third kappa shape index (κ3) is 14.0. The standard InChI is InChI=1S/C7H15NO3.2CH4.B/c1-6(9)8-4-7(11-3)5-10-2;;;/h7H,4-5H2,1-3H3,(H,8,9);2*1H4;. The van der Waals surface area contributed by atoms with Crippen LogP contribution in [0.4, 0.5) is 0 Å². The molecule has 0 rings (SSSR count). The highest BCUT2D eigenvalue weighted by atomic mass is 16.5. The number of carbonyl (C=O) groups is 1. The van der Waals surface area contributed by atoms with E-state index in [2.05, 4.69) is 5.32 Å². The lowest BCUT2D eigenvalue weighted by Gasteiger charge is -2.13. The van der Waals surface area contributed by atoms with Gasteiger partial charge >= 0.3 is 0 Å². The molecule has 85 valence electrons. The van der Waals surface area contributed by atoms with Crippen molar-refractivity contribution < 1.29 is 14.3 Å². The lowest BCUT2D eigenvalue weighted by molar-refractivity contribution is -0.119. The van der Waals surface area contributed by atoms with Gasteiger partial charge < -0.3 is 14.8 Å². The zero-order valence-corrected chi connectivity index (χ0v) is 7.79. The highest BCUT2D eigenvalue weighted by molar-refractivity contribution is 5.75. The van der Waals surface area contributed by atoms with Crippen LogP contribution in [-0.2, 0) is 14.3 Å². The number of amides is 1. The summed E-state index contributed by atoms with van der Waals surface area (Å²) < 4.78 is 9.85. The molecule has 1 N–H and O–H groups in total. The third-order valence-corrected chi connectivity index (χ3v) is 1.26. The smallest absolute Gasteiger partial charge is 0.216 e. The van der Waals surface area contributed by atoms with Crippen molar-refractivity contribution in [2.75, 3.05) is 27.4 Å². The van der Waals surface area contributed by atoms with Crippen LogP contribution >= 0.6 is 0 Å². The first-order valence-electron chi connectivity index (χ1n) is 3.47. The molecular weight excluding hydrogens is 181 g/mol. The van der Waals surface area contributed by atoms with E-state index in [1.165, 1.54) is 6.92 Å². The van der Waals surface area contributed by atoms with Crippen LogP contribution in [0.2, 0.25) is 0 Å². The lowest BCUT2D eigenvalue weighted by Crippen LogP contribution is -2.34. The van der Waals surface area contributed by atoms with Gasteiger partial charge in [0.05, 0.1) is 12.7 Å². The van der Waals surface area contributed by atoms with Gasteiger partial charge in [0.1, 0.15) is 0 Å². The lowest BCUT2D eigenvalue weighted by atomic mass is 10.4. The molecule has 1 atom stereocenters. The van der Waals surface area contributed by atoms with Crippen LogP contribution in [0, 0.1) is 0 Å². The minimum atomic E-state index is -0.0526. The summed E-state index contributed by atoms with van der Waals surface area (Å²) in [6.07, 6.45) is -0.0519. The van der Waals surface area contributed by atoms with Gasteiger partial charge in [-0.3, -0.25) is 4.79 Å². The number of nitrogens with one attached hydrogen (secondary N) is 1. The number of carbonyl (C=O) groups excluding carboxylic acids is 1. The van der Waals surface area contributed by atoms with E-state index >= 15 is 0 Å². The van der Waals surface area contributed by atoms with Crippen LogP contribution in [0.1, 0.15) is 21.8 Å². The highest BCUT2D eigenvalue weighted by Gasteiger charge is 2.05. The molecule has 0 fully saturated rings. The van der Waals surface area contributed by atoms with Crippen LogP contribution in [0.15, 0.2) is 0 Å². The molecule has 4 nitrogen and oxygen atoms in total. The first kappa shape index (κ1) is 23.3. The normalized spacial score (nSPS) is 9.93. The summed E-state index contributed by atoms with van der Waals surface area (Å²) in [6.45, 7) is 2.47. The average Bonchev–Trinajstić information content (AvgIpc) is 1.97. The molecule has 0 aromatic heterocycles. The molecule has 0 aromatic rings. The second-order valence-corrected chi connectivity index (χ2v) is 2.25. The van der Waals surface area contributed by atoms with E-state index in [0.29, 0.717) is 13.2 Å². The van der Waals surface area contributed by atoms with Crippen molar-refractivity contribution in [2.45, 2.75) is 27.9 Å². The van der Waals surface area contributed by atoms with Crippen LogP contribution in [0.5, 0.6) is 0 Å². The Bertz CT molecular complexity index is 123. The van der Waals surface area contributed by atoms with E-state index in [0.717, 1.165) is 0 Å². The second kappa shape index (κ2) is 15.0. The largest absolute Gasteiger partial charge is 0.382 e. The number of ether oxygens (including phenoxy) is 2. The summed E-state index contributed by atoms with van der Waals surface area (Å²) in [7, 11) is 3.19. The second-order valence-electron chi connectivity index (χ2n) is 2.25. The zero-order valence-electron chi connectivity index (χ0n) is 7.79. The maximum absolute atomic E-state index is 10.5. The molecule has 0 aliphatic carbocycles. The van der Waals surface area contributed by atoms with Crippen LogP contribution < -0.4 is 5.32 Å². The molecule has 0 heterocycles. The summed E-state index contributed by atoms with van der Waals surface area (Å²) in [5.74, 6) is -0.0526. The highest BCUT2D eigenvalue weighted by Crippen LogP contribution is 1.87. The van der Waals surface area contributed by atoms with Gasteiger partial charge in [0, 0.05) is 36.1 Å². The molecule has 14 heavy (non-hydrogen) atoms. The topological polar surface area (TPSA) is 47.6 Å². The van der Waals surface area contributed by atoms with Crippen LogP contribution in [0.3, 0.4) is 0 Å². The van der Waals surface area contributed by atoms with Gasteiger partial charge in [-0.2, -0.15) is 0 Å². The Labute approximate surface area is 89.9 Å². The van der Waals surface area contributed by atoms with Gasteiger partial charge in [-0.05, 0) is 0 Å². The molecule has 0 aliphatic rings. The maximum atomic E-state index is 10.5. The number of methoxy groups -OCH3 is 2. The van der Waals surface area contributed by atoms with Gasteiger partial charge in [-0.1, -0.05) is 14.9 Å². The van der Waals surface area contributed by atoms with Crippen molar-refractivity contribution in [2.24, 2.45) is 0 Å². The third-order valence-electron chi connectivity index (χ3n) is 1.26. The minimum Gasteiger partial charge on any atom is -0.382 e. The average molecular weight is 204 g/mol. The van der Waals surface area contributed by atoms with Gasteiger partial charge in [0.2, 0.25) is 5.91 Å². The van der Waals surface area contributed by atoms with E-state index in [1.807, 2.05) is 0 Å². The van der Waals surface area contributed by atoms with Crippen molar-refractivity contribution >= 4 is 14.3 Å². The van der Waals surface area contributed by atoms with E-state index in [4.69, 9.17) is 9.47 Å². The minimum absolute atomic E-state index is 0. The summed E-state index contributed by atoms with van der Waals surface area (Å²) in [5.41, 5.74) is 0. The van der Waals surface area contributed by atoms with E-state index < -0.39 is 0 Å². The molecule has 1 unspecified atom stereocenters. The molecule has 5 heteroatoms. The molecular formula is C9H23BNO3. The van der Waals surface area contributed by atoms with E-state index in [1.54, 1.807) is 14.2 Å². The molecule has 1 amide bonds. The van der Waals surface area contributed by atoms with Gasteiger partial charge in [0.25, 0.3) is 0 Å². The Kier molecular flexibility index (Phi) is 24.9. The zero-order chi connectivity index (χ0) is 8.69. The Morgan fingerprint density at radius 1 is 1.36 bits per heavy atom. The molecule has 0 bridgehead atoms. The fourth-order valence-corrected chi connectivity index (χ4v) is 0.654. The number of hydrogen-bond donors (Lipinski definition) is 1. The Morgan fingerprint density at radius 3 is 2.14 bits per heavy atom. The van der Waals surface area contributed by atoms with E-state index in [-0.39, 0.29) is 35.3 Å². The van der Waals surface area contributed by atoms with Gasteiger partial charge in [0.15, 0.2) is 0 Å². The number of hydrogen-bond acceptors (Lipinski definition) is 3. The SMILES string of the molecule is C.C.COCC(CNC(C)=O)OC.[B]. The molecule has 0 spiro atoms. The molecule has 0 aromatic carbocycles. The summed E-state index contributed by atoms with van der Waals surface area (Å²) in [4.78, 5) is 10.5. The fraction of sp³-hybridized carbons (Fsp3) is 0.889. The Balaban J connectivity index is -0.000000167. The summed E-state index contributed by atoms with van der Waals surface area (Å²) >= 11 is 0. The molecule has 3 radical (unpaired) electrons. The van der Waals surface area contributed by atoms with Crippen molar-refractivity contribution in [1.29, 1.82) is 0 Å². The fourth-order valence-electron chi connectivity index (χ4n) is 0.654. The predicted octanol–water partition coefficient (Wildman–Crippen LogP) is 0.675. The van der Waals surface area contributed by atoms with Gasteiger partial charge in [-0.15, -0.1) is 0 Å². The van der Waals surface area contributed by atoms with Crippen LogP contribution in [0.25, 0.3) is 0 Å². The predicted molar refractivity (Wildman–Crippen MR) is 60.6 cm³/mol. The molecule has 0 aliphatic heterocycles. The summed E-state index contributed by atoms with van der Waals surface area (Å²) in [5, 5.41) is 2.64. The Morgan fingerprint density at radius 2 is 1.86 bits per heavy atom. The summed E-state index contributed by atoms with van der Waals surface area (Å²) in [6, 6.07) is 0. The van der Waals surface area contributed by atoms with Gasteiger partial charge in [-0.25, -0.2) is 0 Å². The van der Waals surface area contributed by atoms with Crippen molar-refractivity contribution in [1.82, 2.24) is 5.32 Å². The van der Waals surface area contributed by atoms with Crippen molar-refractivity contribution in [3.05, 3.63) is 0 Å². The molecule has 0 saturated heterocycles.